The number of carbonyl (C=O) groups excluding carboxylic acids is 2. The minimum atomic E-state index is -0.364. The number of nitrogens with zero attached hydrogens (tertiary/aromatic N) is 1. The van der Waals surface area contributed by atoms with Gasteiger partial charge in [0.05, 0.1) is 22.9 Å². The lowest BCUT2D eigenvalue weighted by Crippen LogP contribution is -2.29. The number of rotatable bonds is 13. The largest absolute Gasteiger partial charge is 0.490 e. The van der Waals surface area contributed by atoms with Gasteiger partial charge in [0.1, 0.15) is 6.61 Å². The number of ether oxygens (including phenoxy) is 2. The Morgan fingerprint density at radius 3 is 2.49 bits per heavy atom. The van der Waals surface area contributed by atoms with Crippen LogP contribution in [0.1, 0.15) is 40.4 Å². The Bertz CT molecular complexity index is 1360. The SMILES string of the molecule is C=CCc1cc(C=NNC(=O)CCNC(=O)c2ccc(Cl)c(Cl)c2)cc(OCC)c1OCc1ccccc1Cl. The van der Waals surface area contributed by atoms with Crippen LogP contribution in [0.2, 0.25) is 15.1 Å². The molecular formula is C29H28Cl3N3O4. The van der Waals surface area contributed by atoms with Gasteiger partial charge in [0.15, 0.2) is 11.5 Å². The van der Waals surface area contributed by atoms with Crippen LogP contribution in [-0.2, 0) is 17.8 Å². The number of hydrazone groups is 1. The van der Waals surface area contributed by atoms with Gasteiger partial charge in [-0.25, -0.2) is 5.43 Å². The van der Waals surface area contributed by atoms with Crippen LogP contribution < -0.4 is 20.2 Å². The lowest BCUT2D eigenvalue weighted by atomic mass is 10.1. The molecule has 0 saturated heterocycles. The third kappa shape index (κ3) is 9.03. The summed E-state index contributed by atoms with van der Waals surface area (Å²) in [5.74, 6) is 0.411. The van der Waals surface area contributed by atoms with Gasteiger partial charge in [0.2, 0.25) is 5.91 Å². The van der Waals surface area contributed by atoms with Crippen LogP contribution in [0.4, 0.5) is 0 Å². The Morgan fingerprint density at radius 1 is 0.974 bits per heavy atom. The summed E-state index contributed by atoms with van der Waals surface area (Å²) in [5, 5.41) is 7.96. The Hall–Kier alpha value is -3.52. The van der Waals surface area contributed by atoms with Crippen molar-refractivity contribution in [2.75, 3.05) is 13.2 Å². The lowest BCUT2D eigenvalue weighted by Gasteiger charge is -2.17. The zero-order chi connectivity index (χ0) is 28.2. The van der Waals surface area contributed by atoms with Gasteiger partial charge in [-0.1, -0.05) is 59.1 Å². The van der Waals surface area contributed by atoms with Crippen LogP contribution in [0, 0.1) is 0 Å². The quantitative estimate of drug-likeness (QED) is 0.133. The van der Waals surface area contributed by atoms with E-state index in [-0.39, 0.29) is 36.4 Å². The summed E-state index contributed by atoms with van der Waals surface area (Å²) < 4.78 is 12.0. The molecule has 0 aliphatic rings. The summed E-state index contributed by atoms with van der Waals surface area (Å²) in [6.45, 7) is 6.54. The summed E-state index contributed by atoms with van der Waals surface area (Å²) >= 11 is 18.1. The van der Waals surface area contributed by atoms with Gasteiger partial charge in [-0.2, -0.15) is 5.10 Å². The van der Waals surface area contributed by atoms with E-state index in [2.05, 4.69) is 22.4 Å². The molecule has 0 atom stereocenters. The maximum atomic E-state index is 12.2. The predicted molar refractivity (Wildman–Crippen MR) is 156 cm³/mol. The van der Waals surface area contributed by atoms with E-state index in [0.717, 1.165) is 11.1 Å². The summed E-state index contributed by atoms with van der Waals surface area (Å²) in [6.07, 6.45) is 3.84. The van der Waals surface area contributed by atoms with Crippen LogP contribution in [0.5, 0.6) is 11.5 Å². The summed E-state index contributed by atoms with van der Waals surface area (Å²) in [6, 6.07) is 15.7. The van der Waals surface area contributed by atoms with Gasteiger partial charge < -0.3 is 14.8 Å². The summed E-state index contributed by atoms with van der Waals surface area (Å²) in [5.41, 5.74) is 5.22. The molecule has 0 fully saturated rings. The Kier molecular flexibility index (Phi) is 11.7. The first-order chi connectivity index (χ1) is 18.8. The molecule has 204 valence electrons. The molecule has 3 rings (SSSR count). The average Bonchev–Trinajstić information content (AvgIpc) is 2.91. The second kappa shape index (κ2) is 15.2. The second-order valence-electron chi connectivity index (χ2n) is 8.24. The van der Waals surface area contributed by atoms with Gasteiger partial charge in [-0.3, -0.25) is 9.59 Å². The molecular weight excluding hydrogens is 561 g/mol. The third-order valence-electron chi connectivity index (χ3n) is 5.37. The fraction of sp³-hybridized carbons (Fsp3) is 0.207. The van der Waals surface area contributed by atoms with Gasteiger partial charge in [-0.05, 0) is 55.3 Å². The molecule has 0 aliphatic carbocycles. The monoisotopic (exact) mass is 587 g/mol. The fourth-order valence-electron chi connectivity index (χ4n) is 3.52. The van der Waals surface area contributed by atoms with Crippen LogP contribution in [0.15, 0.2) is 72.4 Å². The van der Waals surface area contributed by atoms with E-state index in [9.17, 15) is 9.59 Å². The smallest absolute Gasteiger partial charge is 0.251 e. The molecule has 0 saturated carbocycles. The highest BCUT2D eigenvalue weighted by Crippen LogP contribution is 2.34. The maximum absolute atomic E-state index is 12.2. The Labute approximate surface area is 242 Å². The first-order valence-corrected chi connectivity index (χ1v) is 13.3. The third-order valence-corrected chi connectivity index (χ3v) is 6.48. The topological polar surface area (TPSA) is 89.0 Å². The maximum Gasteiger partial charge on any atom is 0.251 e. The van der Waals surface area contributed by atoms with Crippen molar-refractivity contribution in [2.24, 2.45) is 5.10 Å². The van der Waals surface area contributed by atoms with E-state index in [0.29, 0.717) is 45.7 Å². The van der Waals surface area contributed by atoms with E-state index in [1.165, 1.54) is 18.3 Å². The van der Waals surface area contributed by atoms with Gasteiger partial charge in [-0.15, -0.1) is 6.58 Å². The molecule has 3 aromatic carbocycles. The number of allylic oxidation sites excluding steroid dienone is 1. The highest BCUT2D eigenvalue weighted by molar-refractivity contribution is 6.42. The van der Waals surface area contributed by atoms with E-state index >= 15 is 0 Å². The van der Waals surface area contributed by atoms with E-state index in [1.54, 1.807) is 18.2 Å². The van der Waals surface area contributed by atoms with E-state index in [4.69, 9.17) is 44.3 Å². The van der Waals surface area contributed by atoms with Crippen molar-refractivity contribution in [3.63, 3.8) is 0 Å². The molecule has 0 bridgehead atoms. The molecule has 2 N–H and O–H groups in total. The van der Waals surface area contributed by atoms with Crippen molar-refractivity contribution in [1.82, 2.24) is 10.7 Å². The molecule has 3 aromatic rings. The zero-order valence-electron chi connectivity index (χ0n) is 21.3. The predicted octanol–water partition coefficient (Wildman–Crippen LogP) is 6.62. The summed E-state index contributed by atoms with van der Waals surface area (Å²) in [7, 11) is 0. The molecule has 0 radical (unpaired) electrons. The molecule has 0 heterocycles. The van der Waals surface area contributed by atoms with Crippen molar-refractivity contribution in [2.45, 2.75) is 26.4 Å². The lowest BCUT2D eigenvalue weighted by molar-refractivity contribution is -0.120. The minimum Gasteiger partial charge on any atom is -0.490 e. The standard InChI is InChI=1S/C29H28Cl3N3O4/c1-3-7-20-14-19(15-26(38-4-2)28(20)39-18-22-8-5-6-9-23(22)30)17-34-35-27(36)12-13-33-29(37)21-10-11-24(31)25(32)16-21/h3,5-6,8-11,14-17H,1,4,7,12-13,18H2,2H3,(H,33,37)(H,35,36). The first-order valence-electron chi connectivity index (χ1n) is 12.1. The highest BCUT2D eigenvalue weighted by Gasteiger charge is 2.14. The highest BCUT2D eigenvalue weighted by atomic mass is 35.5. The molecule has 2 amide bonds. The fourth-order valence-corrected chi connectivity index (χ4v) is 4.01. The summed E-state index contributed by atoms with van der Waals surface area (Å²) in [4.78, 5) is 24.4. The molecule has 10 heteroatoms. The van der Waals surface area contributed by atoms with E-state index < -0.39 is 0 Å². The van der Waals surface area contributed by atoms with Crippen LogP contribution in [0.25, 0.3) is 0 Å². The first kappa shape index (κ1) is 30.0. The number of carbonyl (C=O) groups is 2. The van der Waals surface area contributed by atoms with Crippen molar-refractivity contribution in [3.8, 4) is 11.5 Å². The van der Waals surface area contributed by atoms with Crippen molar-refractivity contribution >= 4 is 52.8 Å². The number of hydrogen-bond acceptors (Lipinski definition) is 5. The van der Waals surface area contributed by atoms with Crippen molar-refractivity contribution in [3.05, 3.63) is 105 Å². The second-order valence-corrected chi connectivity index (χ2v) is 9.46. The molecule has 0 aromatic heterocycles. The Balaban J connectivity index is 1.61. The number of amides is 2. The molecule has 0 spiro atoms. The normalized spacial score (nSPS) is 10.8. The Morgan fingerprint density at radius 2 is 1.77 bits per heavy atom. The zero-order valence-corrected chi connectivity index (χ0v) is 23.6. The molecule has 0 aliphatic heterocycles. The number of nitrogens with one attached hydrogen (secondary N) is 2. The number of benzene rings is 3. The molecule has 0 unspecified atom stereocenters. The number of halogens is 3. The van der Waals surface area contributed by atoms with Crippen molar-refractivity contribution in [1.29, 1.82) is 0 Å². The van der Waals surface area contributed by atoms with Gasteiger partial charge in [0, 0.05) is 34.7 Å². The number of hydrogen-bond donors (Lipinski definition) is 2. The van der Waals surface area contributed by atoms with E-state index in [1.807, 2.05) is 37.3 Å². The van der Waals surface area contributed by atoms with Crippen molar-refractivity contribution < 1.29 is 19.1 Å². The minimum absolute atomic E-state index is 0.0329. The van der Waals surface area contributed by atoms with Crippen LogP contribution in [0.3, 0.4) is 0 Å². The molecule has 39 heavy (non-hydrogen) atoms. The van der Waals surface area contributed by atoms with Crippen LogP contribution in [-0.4, -0.2) is 31.2 Å². The van der Waals surface area contributed by atoms with Gasteiger partial charge >= 0.3 is 0 Å². The average molecular weight is 589 g/mol. The van der Waals surface area contributed by atoms with Gasteiger partial charge in [0.25, 0.3) is 5.91 Å². The van der Waals surface area contributed by atoms with Crippen LogP contribution >= 0.6 is 34.8 Å². The molecule has 7 nitrogen and oxygen atoms in total.